The molecule has 0 fully saturated rings. The maximum atomic E-state index is 11.5. The lowest BCUT2D eigenvalue weighted by molar-refractivity contribution is -0.137. The van der Waals surface area contributed by atoms with Gasteiger partial charge < -0.3 is 14.8 Å². The first-order chi connectivity index (χ1) is 9.15. The zero-order chi connectivity index (χ0) is 13.8. The summed E-state index contributed by atoms with van der Waals surface area (Å²) >= 11 is 6.13. The predicted molar refractivity (Wildman–Crippen MR) is 74.3 cm³/mol. The second kappa shape index (κ2) is 5.97. The molecule has 4 nitrogen and oxygen atoms in total. The number of carbonyl (C=O) groups is 1. The van der Waals surface area contributed by atoms with Crippen molar-refractivity contribution in [2.24, 2.45) is 0 Å². The molecule has 2 rings (SSSR count). The second-order valence-corrected chi connectivity index (χ2v) is 4.54. The van der Waals surface area contributed by atoms with E-state index in [0.717, 1.165) is 29.8 Å². The van der Waals surface area contributed by atoms with Gasteiger partial charge in [0, 0.05) is 23.9 Å². The molecule has 19 heavy (non-hydrogen) atoms. The van der Waals surface area contributed by atoms with Gasteiger partial charge >= 0.3 is 5.97 Å². The van der Waals surface area contributed by atoms with E-state index in [9.17, 15) is 4.79 Å². The number of carbonyl (C=O) groups excluding carboxylic acids is 1. The lowest BCUT2D eigenvalue weighted by Gasteiger charge is -2.22. The van der Waals surface area contributed by atoms with Gasteiger partial charge in [0.05, 0.1) is 18.7 Å². The molecule has 0 bridgehead atoms. The molecule has 0 unspecified atom stereocenters. The van der Waals surface area contributed by atoms with Crippen molar-refractivity contribution in [2.45, 2.75) is 13.3 Å². The number of hydrogen-bond acceptors (Lipinski definition) is 4. The summed E-state index contributed by atoms with van der Waals surface area (Å²) in [5, 5.41) is 3.72. The van der Waals surface area contributed by atoms with Crippen LogP contribution in [0.2, 0.25) is 5.02 Å². The van der Waals surface area contributed by atoms with E-state index in [1.54, 1.807) is 14.0 Å². The van der Waals surface area contributed by atoms with E-state index >= 15 is 0 Å². The molecule has 5 heteroatoms. The van der Waals surface area contributed by atoms with Crippen LogP contribution in [0.5, 0.6) is 5.75 Å². The van der Waals surface area contributed by atoms with Gasteiger partial charge in [-0.3, -0.25) is 0 Å². The second-order valence-electron chi connectivity index (χ2n) is 4.13. The molecule has 1 heterocycles. The van der Waals surface area contributed by atoms with E-state index in [0.29, 0.717) is 17.4 Å². The number of hydrogen-bond donors (Lipinski definition) is 1. The van der Waals surface area contributed by atoms with E-state index in [2.05, 4.69) is 5.32 Å². The minimum absolute atomic E-state index is 0.357. The van der Waals surface area contributed by atoms with Crippen molar-refractivity contribution in [1.82, 2.24) is 5.32 Å². The van der Waals surface area contributed by atoms with Gasteiger partial charge in [0.2, 0.25) is 0 Å². The molecule has 0 saturated heterocycles. The normalized spacial score (nSPS) is 15.6. The van der Waals surface area contributed by atoms with Crippen LogP contribution in [-0.2, 0) is 16.0 Å². The van der Waals surface area contributed by atoms with Crippen LogP contribution in [0.3, 0.4) is 0 Å². The largest absolute Gasteiger partial charge is 0.495 e. The average molecular weight is 282 g/mol. The standard InChI is InChI=1S/C14H16ClNO3/c1-3-19-14(17)8-12-10-7-11(15)13(18-2)6-9(10)4-5-16-12/h6-8,16H,3-5H2,1-2H3. The third-order valence-electron chi connectivity index (χ3n) is 2.93. The molecule has 0 radical (unpaired) electrons. The molecule has 0 amide bonds. The maximum absolute atomic E-state index is 11.5. The topological polar surface area (TPSA) is 47.6 Å². The van der Waals surface area contributed by atoms with Crippen molar-refractivity contribution in [3.8, 4) is 5.75 Å². The van der Waals surface area contributed by atoms with E-state index in [4.69, 9.17) is 21.1 Å². The molecule has 0 spiro atoms. The number of nitrogens with one attached hydrogen (secondary N) is 1. The third-order valence-corrected chi connectivity index (χ3v) is 3.22. The van der Waals surface area contributed by atoms with Gasteiger partial charge in [-0.05, 0) is 31.0 Å². The molecule has 0 saturated carbocycles. The van der Waals surface area contributed by atoms with E-state index < -0.39 is 0 Å². The average Bonchev–Trinajstić information content (AvgIpc) is 2.39. The summed E-state index contributed by atoms with van der Waals surface area (Å²) in [5.41, 5.74) is 2.77. The summed E-state index contributed by atoms with van der Waals surface area (Å²) in [4.78, 5) is 11.5. The molecule has 102 valence electrons. The van der Waals surface area contributed by atoms with Crippen molar-refractivity contribution in [3.63, 3.8) is 0 Å². The highest BCUT2D eigenvalue weighted by Crippen LogP contribution is 2.32. The summed E-state index contributed by atoms with van der Waals surface area (Å²) in [6, 6.07) is 3.73. The molecule has 1 aromatic rings. The lowest BCUT2D eigenvalue weighted by Crippen LogP contribution is -2.23. The summed E-state index contributed by atoms with van der Waals surface area (Å²) in [6.45, 7) is 2.91. The van der Waals surface area contributed by atoms with Gasteiger partial charge in [-0.25, -0.2) is 4.79 Å². The quantitative estimate of drug-likeness (QED) is 0.683. The molecule has 1 aliphatic heterocycles. The van der Waals surface area contributed by atoms with Crippen LogP contribution in [-0.4, -0.2) is 26.2 Å². The Kier molecular flexibility index (Phi) is 4.32. The Balaban J connectivity index is 2.39. The van der Waals surface area contributed by atoms with Crippen molar-refractivity contribution >= 4 is 23.3 Å². The van der Waals surface area contributed by atoms with Crippen LogP contribution in [0, 0.1) is 0 Å². The molecule has 1 N–H and O–H groups in total. The van der Waals surface area contributed by atoms with Gasteiger partial charge in [0.25, 0.3) is 0 Å². The zero-order valence-electron chi connectivity index (χ0n) is 11.0. The Hall–Kier alpha value is -1.68. The van der Waals surface area contributed by atoms with Crippen LogP contribution in [0.4, 0.5) is 0 Å². The maximum Gasteiger partial charge on any atom is 0.332 e. The molecule has 0 atom stereocenters. The van der Waals surface area contributed by atoms with Crippen molar-refractivity contribution in [3.05, 3.63) is 34.4 Å². The highest BCUT2D eigenvalue weighted by atomic mass is 35.5. The van der Waals surface area contributed by atoms with Crippen LogP contribution < -0.4 is 10.1 Å². The van der Waals surface area contributed by atoms with Crippen LogP contribution >= 0.6 is 11.6 Å². The number of esters is 1. The first-order valence-electron chi connectivity index (χ1n) is 6.14. The first-order valence-corrected chi connectivity index (χ1v) is 6.52. The predicted octanol–water partition coefficient (Wildman–Crippen LogP) is 2.40. The Morgan fingerprint density at radius 3 is 3.00 bits per heavy atom. The first kappa shape index (κ1) is 13.7. The fraction of sp³-hybridized carbons (Fsp3) is 0.357. The highest BCUT2D eigenvalue weighted by Gasteiger charge is 2.17. The minimum Gasteiger partial charge on any atom is -0.495 e. The van der Waals surface area contributed by atoms with Gasteiger partial charge in [0.1, 0.15) is 5.75 Å². The number of rotatable bonds is 3. The number of ether oxygens (including phenoxy) is 2. The molecule has 1 aromatic carbocycles. The fourth-order valence-electron chi connectivity index (χ4n) is 2.07. The van der Waals surface area contributed by atoms with Crippen molar-refractivity contribution in [2.75, 3.05) is 20.3 Å². The fourth-order valence-corrected chi connectivity index (χ4v) is 2.31. The Morgan fingerprint density at radius 1 is 1.53 bits per heavy atom. The lowest BCUT2D eigenvalue weighted by atomic mass is 9.97. The minimum atomic E-state index is -0.357. The number of methoxy groups -OCH3 is 1. The molecular weight excluding hydrogens is 266 g/mol. The van der Waals surface area contributed by atoms with Crippen LogP contribution in [0.15, 0.2) is 18.2 Å². The monoisotopic (exact) mass is 281 g/mol. The smallest absolute Gasteiger partial charge is 0.332 e. The van der Waals surface area contributed by atoms with Crippen LogP contribution in [0.1, 0.15) is 18.1 Å². The van der Waals surface area contributed by atoms with E-state index in [1.165, 1.54) is 6.08 Å². The van der Waals surface area contributed by atoms with Gasteiger partial charge in [-0.2, -0.15) is 0 Å². The van der Waals surface area contributed by atoms with Gasteiger partial charge in [0.15, 0.2) is 0 Å². The Bertz CT molecular complexity index is 526. The van der Waals surface area contributed by atoms with Crippen molar-refractivity contribution < 1.29 is 14.3 Å². The molecular formula is C14H16ClNO3. The summed E-state index contributed by atoms with van der Waals surface area (Å²) < 4.78 is 10.1. The van der Waals surface area contributed by atoms with E-state index in [1.807, 2.05) is 12.1 Å². The summed E-state index contributed by atoms with van der Waals surface area (Å²) in [6.07, 6.45) is 2.33. The number of halogens is 1. The van der Waals surface area contributed by atoms with E-state index in [-0.39, 0.29) is 5.97 Å². The Morgan fingerprint density at radius 2 is 2.32 bits per heavy atom. The van der Waals surface area contributed by atoms with Gasteiger partial charge in [-0.15, -0.1) is 0 Å². The number of benzene rings is 1. The van der Waals surface area contributed by atoms with Crippen molar-refractivity contribution in [1.29, 1.82) is 0 Å². The third kappa shape index (κ3) is 3.01. The highest BCUT2D eigenvalue weighted by molar-refractivity contribution is 6.32. The zero-order valence-corrected chi connectivity index (χ0v) is 11.7. The Labute approximate surface area is 117 Å². The molecule has 0 aromatic heterocycles. The van der Waals surface area contributed by atoms with Gasteiger partial charge in [-0.1, -0.05) is 11.6 Å². The number of fused-ring (bicyclic) bond motifs is 1. The van der Waals surface area contributed by atoms with Crippen LogP contribution in [0.25, 0.3) is 5.70 Å². The SMILES string of the molecule is CCOC(=O)C=C1NCCc2cc(OC)c(Cl)cc21. The molecule has 1 aliphatic rings. The molecule has 0 aliphatic carbocycles. The summed E-state index contributed by atoms with van der Waals surface area (Å²) in [7, 11) is 1.59. The summed E-state index contributed by atoms with van der Waals surface area (Å²) in [5.74, 6) is 0.294.